The molecule has 1 aromatic rings. The van der Waals surface area contributed by atoms with Crippen LogP contribution in [0.15, 0.2) is 24.5 Å². The molecule has 0 aliphatic heterocycles. The second-order valence-corrected chi connectivity index (χ2v) is 5.34. The van der Waals surface area contributed by atoms with Crippen molar-refractivity contribution in [2.24, 2.45) is 5.41 Å². The summed E-state index contributed by atoms with van der Waals surface area (Å²) >= 11 is 5.23. The summed E-state index contributed by atoms with van der Waals surface area (Å²) in [6, 6.07) is 4.12. The van der Waals surface area contributed by atoms with Gasteiger partial charge in [0.1, 0.15) is 0 Å². The lowest BCUT2D eigenvalue weighted by Crippen LogP contribution is -2.43. The summed E-state index contributed by atoms with van der Waals surface area (Å²) in [6.45, 7) is 8.66. The fraction of sp³-hybridized carbons (Fsp3) is 0.500. The molecule has 1 rings (SSSR count). The minimum atomic E-state index is 0.181. The van der Waals surface area contributed by atoms with E-state index in [-0.39, 0.29) is 5.41 Å². The van der Waals surface area contributed by atoms with Gasteiger partial charge >= 0.3 is 0 Å². The summed E-state index contributed by atoms with van der Waals surface area (Å²) < 4.78 is 0. The Hall–Kier alpha value is -1.16. The molecule has 0 radical (unpaired) electrons. The lowest BCUT2D eigenvalue weighted by Gasteiger charge is -2.29. The van der Waals surface area contributed by atoms with Crippen LogP contribution < -0.4 is 10.6 Å². The maximum atomic E-state index is 5.23. The summed E-state index contributed by atoms with van der Waals surface area (Å²) in [5, 5.41) is 7.00. The fourth-order valence-electron chi connectivity index (χ4n) is 1.02. The molecular weight excluding hydrogens is 218 g/mol. The van der Waals surface area contributed by atoms with Crippen molar-refractivity contribution in [2.75, 3.05) is 5.32 Å². The third-order valence-corrected chi connectivity index (χ3v) is 2.79. The molecule has 0 aliphatic carbocycles. The molecule has 4 heteroatoms. The normalized spacial score (nSPS) is 13.0. The van der Waals surface area contributed by atoms with Crippen molar-refractivity contribution >= 4 is 23.0 Å². The third-order valence-electron chi connectivity index (χ3n) is 2.57. The summed E-state index contributed by atoms with van der Waals surface area (Å²) in [5.74, 6) is 0. The topological polar surface area (TPSA) is 37.0 Å². The molecule has 0 bridgehead atoms. The Morgan fingerprint density at radius 2 is 2.12 bits per heavy atom. The van der Waals surface area contributed by atoms with Gasteiger partial charge in [0.15, 0.2) is 5.11 Å². The number of hydrogen-bond donors (Lipinski definition) is 2. The van der Waals surface area contributed by atoms with Crippen LogP contribution in [-0.2, 0) is 0 Å². The number of pyridine rings is 1. The SMILES string of the molecule is C[C@@H](NC(=S)Nc1cccnc1)C(C)(C)C. The molecule has 1 atom stereocenters. The molecule has 88 valence electrons. The maximum Gasteiger partial charge on any atom is 0.171 e. The average Bonchev–Trinajstić information content (AvgIpc) is 2.17. The van der Waals surface area contributed by atoms with Crippen molar-refractivity contribution < 1.29 is 0 Å². The molecule has 16 heavy (non-hydrogen) atoms. The van der Waals surface area contributed by atoms with Crippen LogP contribution in [-0.4, -0.2) is 16.1 Å². The first-order valence-electron chi connectivity index (χ1n) is 5.37. The van der Waals surface area contributed by atoms with Crippen molar-refractivity contribution in [3.63, 3.8) is 0 Å². The van der Waals surface area contributed by atoms with E-state index in [2.05, 4.69) is 43.3 Å². The van der Waals surface area contributed by atoms with Crippen molar-refractivity contribution in [2.45, 2.75) is 33.7 Å². The highest BCUT2D eigenvalue weighted by Crippen LogP contribution is 2.18. The van der Waals surface area contributed by atoms with E-state index in [1.54, 1.807) is 12.4 Å². The van der Waals surface area contributed by atoms with Crippen molar-refractivity contribution in [1.82, 2.24) is 10.3 Å². The zero-order chi connectivity index (χ0) is 12.2. The molecule has 0 saturated heterocycles. The highest BCUT2D eigenvalue weighted by molar-refractivity contribution is 7.80. The van der Waals surface area contributed by atoms with E-state index in [0.29, 0.717) is 11.2 Å². The van der Waals surface area contributed by atoms with E-state index < -0.39 is 0 Å². The fourth-order valence-corrected chi connectivity index (χ4v) is 1.31. The first kappa shape index (κ1) is 12.9. The van der Waals surface area contributed by atoms with E-state index in [1.165, 1.54) is 0 Å². The van der Waals surface area contributed by atoms with Crippen LogP contribution in [0.25, 0.3) is 0 Å². The smallest absolute Gasteiger partial charge is 0.171 e. The number of thiocarbonyl (C=S) groups is 1. The molecule has 0 amide bonds. The van der Waals surface area contributed by atoms with Crippen LogP contribution in [0, 0.1) is 5.41 Å². The molecule has 1 heterocycles. The average molecular weight is 237 g/mol. The predicted octanol–water partition coefficient (Wildman–Crippen LogP) is 2.80. The first-order valence-corrected chi connectivity index (χ1v) is 5.78. The van der Waals surface area contributed by atoms with Crippen LogP contribution >= 0.6 is 12.2 Å². The van der Waals surface area contributed by atoms with Gasteiger partial charge < -0.3 is 10.6 Å². The van der Waals surface area contributed by atoms with Gasteiger partial charge in [-0.2, -0.15) is 0 Å². The second-order valence-electron chi connectivity index (χ2n) is 4.93. The summed E-state index contributed by atoms with van der Waals surface area (Å²) in [5.41, 5.74) is 1.09. The van der Waals surface area contributed by atoms with Gasteiger partial charge in [0, 0.05) is 12.2 Å². The molecule has 0 aliphatic rings. The van der Waals surface area contributed by atoms with Gasteiger partial charge in [-0.1, -0.05) is 20.8 Å². The Balaban J connectivity index is 2.49. The minimum Gasteiger partial charge on any atom is -0.359 e. The number of rotatable bonds is 2. The number of anilines is 1. The molecule has 0 aromatic carbocycles. The molecular formula is C12H19N3S. The van der Waals surface area contributed by atoms with Crippen molar-refractivity contribution in [3.05, 3.63) is 24.5 Å². The molecule has 3 nitrogen and oxygen atoms in total. The zero-order valence-electron chi connectivity index (χ0n) is 10.2. The van der Waals surface area contributed by atoms with Gasteiger partial charge in [0.2, 0.25) is 0 Å². The predicted molar refractivity (Wildman–Crippen MR) is 72.5 cm³/mol. The molecule has 2 N–H and O–H groups in total. The summed E-state index contributed by atoms with van der Waals surface area (Å²) in [7, 11) is 0. The van der Waals surface area contributed by atoms with Gasteiger partial charge in [-0.3, -0.25) is 4.98 Å². The zero-order valence-corrected chi connectivity index (χ0v) is 11.1. The highest BCUT2D eigenvalue weighted by Gasteiger charge is 2.20. The van der Waals surface area contributed by atoms with Crippen LogP contribution in [0.1, 0.15) is 27.7 Å². The van der Waals surface area contributed by atoms with E-state index in [9.17, 15) is 0 Å². The summed E-state index contributed by atoms with van der Waals surface area (Å²) in [6.07, 6.45) is 3.48. The number of aromatic nitrogens is 1. The van der Waals surface area contributed by atoms with Crippen LogP contribution in [0.4, 0.5) is 5.69 Å². The quantitative estimate of drug-likeness (QED) is 0.776. The highest BCUT2D eigenvalue weighted by atomic mass is 32.1. The molecule has 0 fully saturated rings. The van der Waals surface area contributed by atoms with Gasteiger partial charge in [0.25, 0.3) is 0 Å². The van der Waals surface area contributed by atoms with Crippen LogP contribution in [0.3, 0.4) is 0 Å². The van der Waals surface area contributed by atoms with Crippen molar-refractivity contribution in [3.8, 4) is 0 Å². The Morgan fingerprint density at radius 3 is 2.62 bits per heavy atom. The monoisotopic (exact) mass is 237 g/mol. The Kier molecular flexibility index (Phi) is 4.24. The number of nitrogens with one attached hydrogen (secondary N) is 2. The largest absolute Gasteiger partial charge is 0.359 e. The molecule has 1 aromatic heterocycles. The van der Waals surface area contributed by atoms with E-state index in [4.69, 9.17) is 12.2 Å². The van der Waals surface area contributed by atoms with E-state index in [1.807, 2.05) is 12.1 Å². The Morgan fingerprint density at radius 1 is 1.44 bits per heavy atom. The Bertz CT molecular complexity index is 343. The lowest BCUT2D eigenvalue weighted by molar-refractivity contribution is 0.317. The molecule has 0 saturated carbocycles. The van der Waals surface area contributed by atoms with Gasteiger partial charge in [-0.05, 0) is 36.7 Å². The third kappa shape index (κ3) is 4.14. The number of nitrogens with zero attached hydrogens (tertiary/aromatic N) is 1. The maximum absolute atomic E-state index is 5.23. The summed E-state index contributed by atoms with van der Waals surface area (Å²) in [4.78, 5) is 4.02. The minimum absolute atomic E-state index is 0.181. The van der Waals surface area contributed by atoms with Crippen molar-refractivity contribution in [1.29, 1.82) is 0 Å². The molecule has 0 spiro atoms. The van der Waals surface area contributed by atoms with Crippen LogP contribution in [0.5, 0.6) is 0 Å². The van der Waals surface area contributed by atoms with Gasteiger partial charge in [-0.15, -0.1) is 0 Å². The Labute approximate surface area is 103 Å². The van der Waals surface area contributed by atoms with E-state index in [0.717, 1.165) is 5.69 Å². The number of hydrogen-bond acceptors (Lipinski definition) is 2. The first-order chi connectivity index (χ1) is 7.39. The van der Waals surface area contributed by atoms with E-state index >= 15 is 0 Å². The van der Waals surface area contributed by atoms with Gasteiger partial charge in [-0.25, -0.2) is 0 Å². The van der Waals surface area contributed by atoms with Gasteiger partial charge in [0.05, 0.1) is 11.9 Å². The lowest BCUT2D eigenvalue weighted by atomic mass is 9.88. The molecule has 0 unspecified atom stereocenters. The standard InChI is InChI=1S/C12H19N3S/c1-9(12(2,3)4)14-11(16)15-10-6-5-7-13-8-10/h5-9H,1-4H3,(H2,14,15,16)/t9-/m1/s1. The van der Waals surface area contributed by atoms with Crippen LogP contribution in [0.2, 0.25) is 0 Å². The second kappa shape index (κ2) is 5.25.